The molecule has 0 amide bonds. The van der Waals surface area contributed by atoms with E-state index in [1.165, 1.54) is 0 Å². The Morgan fingerprint density at radius 3 is 2.84 bits per heavy atom. The van der Waals surface area contributed by atoms with E-state index in [0.717, 1.165) is 37.7 Å². The fourth-order valence-corrected chi connectivity index (χ4v) is 2.04. The molecular formula is C14H20N4O. The maximum atomic E-state index is 7.37. The summed E-state index contributed by atoms with van der Waals surface area (Å²) in [6, 6.07) is 8.10. The average Bonchev–Trinajstić information content (AvgIpc) is 2.39. The van der Waals surface area contributed by atoms with Gasteiger partial charge in [0.05, 0.1) is 13.2 Å². The van der Waals surface area contributed by atoms with Crippen LogP contribution in [-0.2, 0) is 4.74 Å². The molecule has 0 saturated carbocycles. The summed E-state index contributed by atoms with van der Waals surface area (Å²) in [7, 11) is 0. The number of benzene rings is 1. The maximum Gasteiger partial charge on any atom is 0.102 e. The molecule has 1 aromatic rings. The minimum atomic E-state index is 0.425. The van der Waals surface area contributed by atoms with E-state index in [2.05, 4.69) is 22.3 Å². The number of anilines is 2. The lowest BCUT2D eigenvalue weighted by Crippen LogP contribution is -2.36. The number of hydrogen-bond donors (Lipinski definition) is 3. The number of ether oxygens (including phenoxy) is 1. The first-order chi connectivity index (χ1) is 9.15. The molecule has 0 unspecified atom stereocenters. The first kappa shape index (κ1) is 13.4. The summed E-state index contributed by atoms with van der Waals surface area (Å²) in [4.78, 5) is 2.29. The zero-order valence-corrected chi connectivity index (χ0v) is 11.1. The Morgan fingerprint density at radius 2 is 2.16 bits per heavy atom. The molecule has 1 saturated heterocycles. The first-order valence-electron chi connectivity index (χ1n) is 6.37. The van der Waals surface area contributed by atoms with Crippen LogP contribution < -0.4 is 16.0 Å². The number of allylic oxidation sites excluding steroid dienone is 1. The average molecular weight is 260 g/mol. The van der Waals surface area contributed by atoms with Crippen molar-refractivity contribution < 1.29 is 4.74 Å². The van der Waals surface area contributed by atoms with Crippen LogP contribution in [-0.4, -0.2) is 32.0 Å². The maximum absolute atomic E-state index is 7.37. The monoisotopic (exact) mass is 260 g/mol. The van der Waals surface area contributed by atoms with Crippen LogP contribution in [0.5, 0.6) is 0 Å². The number of morpholine rings is 1. The molecule has 4 N–H and O–H groups in total. The summed E-state index contributed by atoms with van der Waals surface area (Å²) in [5.41, 5.74) is 8.33. The van der Waals surface area contributed by atoms with Crippen molar-refractivity contribution in [3.8, 4) is 0 Å². The van der Waals surface area contributed by atoms with E-state index in [9.17, 15) is 0 Å². The van der Waals surface area contributed by atoms with Gasteiger partial charge in [0.2, 0.25) is 0 Å². The summed E-state index contributed by atoms with van der Waals surface area (Å²) in [6.45, 7) is 5.06. The lowest BCUT2D eigenvalue weighted by atomic mass is 10.2. The van der Waals surface area contributed by atoms with E-state index in [4.69, 9.17) is 15.9 Å². The number of hydrogen-bond acceptors (Lipinski definition) is 5. The molecule has 1 heterocycles. The van der Waals surface area contributed by atoms with Gasteiger partial charge in [-0.1, -0.05) is 6.07 Å². The van der Waals surface area contributed by atoms with Crippen molar-refractivity contribution in [3.63, 3.8) is 0 Å². The Kier molecular flexibility index (Phi) is 4.41. The van der Waals surface area contributed by atoms with Gasteiger partial charge < -0.3 is 26.1 Å². The molecule has 5 heteroatoms. The summed E-state index contributed by atoms with van der Waals surface area (Å²) in [5, 5.41) is 10.5. The minimum absolute atomic E-state index is 0.425. The predicted molar refractivity (Wildman–Crippen MR) is 78.8 cm³/mol. The number of nitrogens with one attached hydrogen (secondary N) is 2. The Labute approximate surface area is 113 Å². The largest absolute Gasteiger partial charge is 0.385 e. The molecule has 102 valence electrons. The van der Waals surface area contributed by atoms with Crippen molar-refractivity contribution in [2.75, 3.05) is 36.5 Å². The summed E-state index contributed by atoms with van der Waals surface area (Å²) < 4.78 is 5.35. The van der Waals surface area contributed by atoms with Gasteiger partial charge in [-0.2, -0.15) is 0 Å². The lowest BCUT2D eigenvalue weighted by molar-refractivity contribution is 0.122. The zero-order chi connectivity index (χ0) is 13.7. The Bertz CT molecular complexity index is 478. The van der Waals surface area contributed by atoms with Gasteiger partial charge in [-0.3, -0.25) is 0 Å². The second-order valence-electron chi connectivity index (χ2n) is 4.56. The van der Waals surface area contributed by atoms with Crippen LogP contribution >= 0.6 is 0 Å². The van der Waals surface area contributed by atoms with Gasteiger partial charge >= 0.3 is 0 Å². The molecule has 1 aliphatic heterocycles. The molecule has 0 atom stereocenters. The molecule has 0 radical (unpaired) electrons. The van der Waals surface area contributed by atoms with Crippen molar-refractivity contribution in [1.29, 1.82) is 5.41 Å². The number of nitrogens with zero attached hydrogens (tertiary/aromatic N) is 1. The second-order valence-corrected chi connectivity index (χ2v) is 4.56. The van der Waals surface area contributed by atoms with Crippen LogP contribution in [0.25, 0.3) is 0 Å². The molecule has 5 nitrogen and oxygen atoms in total. The van der Waals surface area contributed by atoms with E-state index in [1.807, 2.05) is 12.1 Å². The highest BCUT2D eigenvalue weighted by Gasteiger charge is 2.11. The Hall–Kier alpha value is -2.01. The van der Waals surface area contributed by atoms with Gasteiger partial charge in [-0.15, -0.1) is 0 Å². The van der Waals surface area contributed by atoms with E-state index < -0.39 is 0 Å². The van der Waals surface area contributed by atoms with Crippen molar-refractivity contribution in [1.82, 2.24) is 0 Å². The normalized spacial score (nSPS) is 16.3. The fourth-order valence-electron chi connectivity index (χ4n) is 2.04. The van der Waals surface area contributed by atoms with Crippen LogP contribution in [0.2, 0.25) is 0 Å². The Morgan fingerprint density at radius 1 is 1.42 bits per heavy atom. The molecule has 0 aliphatic carbocycles. The van der Waals surface area contributed by atoms with Crippen molar-refractivity contribution in [2.45, 2.75) is 6.92 Å². The van der Waals surface area contributed by atoms with Gasteiger partial charge in [0.1, 0.15) is 5.82 Å². The Balaban J connectivity index is 2.08. The standard InChI is InChI=1S/C14H20N4O/c1-11(15)9-14(16)17-12-3-2-4-13(10-12)18-5-7-19-8-6-18/h2-4,9-10,15,17H,5-8,16H2,1H3/b14-9-,15-11?. The molecule has 19 heavy (non-hydrogen) atoms. The summed E-state index contributed by atoms with van der Waals surface area (Å²) in [5.74, 6) is 0.478. The van der Waals surface area contributed by atoms with Crippen molar-refractivity contribution in [3.05, 3.63) is 36.2 Å². The zero-order valence-electron chi connectivity index (χ0n) is 11.1. The minimum Gasteiger partial charge on any atom is -0.385 e. The molecule has 1 aromatic carbocycles. The van der Waals surface area contributed by atoms with E-state index in [1.54, 1.807) is 13.0 Å². The molecule has 2 rings (SSSR count). The first-order valence-corrected chi connectivity index (χ1v) is 6.37. The van der Waals surface area contributed by atoms with Crippen LogP contribution in [0.15, 0.2) is 36.2 Å². The third-order valence-electron chi connectivity index (χ3n) is 2.88. The SMILES string of the molecule is CC(=N)/C=C(/N)Nc1cccc(N2CCOCC2)c1. The highest BCUT2D eigenvalue weighted by atomic mass is 16.5. The van der Waals surface area contributed by atoms with Gasteiger partial charge in [0.15, 0.2) is 0 Å². The molecule has 0 spiro atoms. The van der Waals surface area contributed by atoms with Crippen molar-refractivity contribution >= 4 is 17.1 Å². The molecule has 1 fully saturated rings. The third kappa shape index (κ3) is 3.99. The molecule has 0 bridgehead atoms. The topological polar surface area (TPSA) is 74.4 Å². The molecular weight excluding hydrogens is 240 g/mol. The van der Waals surface area contributed by atoms with Crippen LogP contribution in [0.1, 0.15) is 6.92 Å². The van der Waals surface area contributed by atoms with E-state index >= 15 is 0 Å². The lowest BCUT2D eigenvalue weighted by Gasteiger charge is -2.29. The van der Waals surface area contributed by atoms with Crippen molar-refractivity contribution in [2.24, 2.45) is 5.73 Å². The predicted octanol–water partition coefficient (Wildman–Crippen LogP) is 1.77. The van der Waals surface area contributed by atoms with Gasteiger partial charge in [-0.05, 0) is 31.2 Å². The van der Waals surface area contributed by atoms with Crippen LogP contribution in [0.4, 0.5) is 11.4 Å². The van der Waals surface area contributed by atoms with Crippen LogP contribution in [0, 0.1) is 5.41 Å². The highest BCUT2D eigenvalue weighted by molar-refractivity contribution is 5.90. The van der Waals surface area contributed by atoms with E-state index in [-0.39, 0.29) is 0 Å². The number of rotatable bonds is 4. The molecule has 1 aliphatic rings. The van der Waals surface area contributed by atoms with Gasteiger partial charge in [-0.25, -0.2) is 0 Å². The fraction of sp³-hybridized carbons (Fsp3) is 0.357. The molecule has 0 aromatic heterocycles. The smallest absolute Gasteiger partial charge is 0.102 e. The highest BCUT2D eigenvalue weighted by Crippen LogP contribution is 2.20. The van der Waals surface area contributed by atoms with Crippen LogP contribution in [0.3, 0.4) is 0 Å². The number of nitrogens with two attached hydrogens (primary N) is 1. The third-order valence-corrected chi connectivity index (χ3v) is 2.88. The summed E-state index contributed by atoms with van der Waals surface area (Å²) >= 11 is 0. The quantitative estimate of drug-likeness (QED) is 0.721. The summed E-state index contributed by atoms with van der Waals surface area (Å²) in [6.07, 6.45) is 1.60. The van der Waals surface area contributed by atoms with E-state index in [0.29, 0.717) is 11.5 Å². The second kappa shape index (κ2) is 6.24. The van der Waals surface area contributed by atoms with Gasteiger partial charge in [0.25, 0.3) is 0 Å². The van der Waals surface area contributed by atoms with Gasteiger partial charge in [0, 0.05) is 30.2 Å².